The Balaban J connectivity index is 1.19. The molecule has 0 unspecified atom stereocenters. The van der Waals surface area contributed by atoms with E-state index < -0.39 is 8.80 Å². The fraction of sp³-hybridized carbons (Fsp3) is 0. The Morgan fingerprint density at radius 3 is 1.63 bits per heavy atom. The maximum atomic E-state index is 6.53. The van der Waals surface area contributed by atoms with E-state index in [-0.39, 0.29) is 0 Å². The Kier molecular flexibility index (Phi) is 7.34. The molecule has 231 valence electrons. The molecule has 9 rings (SSSR count). The second-order valence-corrected chi connectivity index (χ2v) is 14.7. The lowest BCUT2D eigenvalue weighted by molar-refractivity contribution is 0.623. The van der Waals surface area contributed by atoms with E-state index in [0.29, 0.717) is 5.89 Å². The molecule has 0 aliphatic heterocycles. The summed E-state index contributed by atoms with van der Waals surface area (Å²) in [5.74, 6) is 0.633. The minimum Gasteiger partial charge on any atom is -0.435 e. The van der Waals surface area contributed by atoms with Crippen molar-refractivity contribution in [2.24, 2.45) is 0 Å². The molecule has 1 aromatic heterocycles. The summed E-state index contributed by atoms with van der Waals surface area (Å²) < 4.78 is 6.53. The monoisotopic (exact) mass is 643 g/mol. The van der Waals surface area contributed by atoms with Crippen molar-refractivity contribution >= 4 is 74.1 Å². The molecule has 3 nitrogen and oxygen atoms in total. The number of hydrogen-bond acceptors (Lipinski definition) is 3. The van der Waals surface area contributed by atoms with Crippen molar-refractivity contribution in [3.8, 4) is 11.5 Å². The van der Waals surface area contributed by atoms with Gasteiger partial charge < -0.3 is 9.32 Å². The van der Waals surface area contributed by atoms with E-state index in [0.717, 1.165) is 55.3 Å². The van der Waals surface area contributed by atoms with Crippen molar-refractivity contribution in [2.45, 2.75) is 0 Å². The second kappa shape index (κ2) is 12.4. The van der Waals surface area contributed by atoms with Gasteiger partial charge in [-0.05, 0) is 70.8 Å². The summed E-state index contributed by atoms with van der Waals surface area (Å²) >= 11 is 0. The van der Waals surface area contributed by atoms with Crippen LogP contribution in [0.2, 0.25) is 0 Å². The molecule has 49 heavy (non-hydrogen) atoms. The van der Waals surface area contributed by atoms with Crippen LogP contribution in [0.1, 0.15) is 0 Å². The number of nitrogens with zero attached hydrogens (tertiary/aromatic N) is 2. The van der Waals surface area contributed by atoms with Gasteiger partial charge in [0, 0.05) is 28.0 Å². The molecule has 0 atom stereocenters. The average molecular weight is 644 g/mol. The van der Waals surface area contributed by atoms with Crippen LogP contribution in [0.4, 0.5) is 17.1 Å². The fourth-order valence-corrected chi connectivity index (χ4v) is 9.42. The molecule has 0 fully saturated rings. The number of aromatic nitrogens is 1. The summed E-state index contributed by atoms with van der Waals surface area (Å²) in [6, 6.07) is 67.0. The molecule has 8 aromatic carbocycles. The Morgan fingerprint density at radius 1 is 0.449 bits per heavy atom. The maximum Gasteiger partial charge on any atom is 0.227 e. The molecule has 0 N–H and O–H groups in total. The Bertz CT molecular complexity index is 2490. The van der Waals surface area contributed by atoms with E-state index in [9.17, 15) is 0 Å². The predicted molar refractivity (Wildman–Crippen MR) is 207 cm³/mol. The van der Waals surface area contributed by atoms with Crippen LogP contribution in [0, 0.1) is 0 Å². The van der Waals surface area contributed by atoms with Crippen LogP contribution in [-0.2, 0) is 0 Å². The minimum absolute atomic E-state index is 0.633. The summed E-state index contributed by atoms with van der Waals surface area (Å²) in [5.41, 5.74) is 5.92. The van der Waals surface area contributed by atoms with Crippen molar-refractivity contribution in [3.05, 3.63) is 188 Å². The summed E-state index contributed by atoms with van der Waals surface area (Å²) in [6.45, 7) is 0. The highest BCUT2D eigenvalue weighted by Crippen LogP contribution is 2.39. The normalized spacial score (nSPS) is 11.4. The number of rotatable bonds is 7. The smallest absolute Gasteiger partial charge is 0.227 e. The van der Waals surface area contributed by atoms with E-state index in [1.54, 1.807) is 0 Å². The van der Waals surface area contributed by atoms with Gasteiger partial charge in [-0.3, -0.25) is 0 Å². The van der Waals surface area contributed by atoms with Gasteiger partial charge in [-0.2, -0.15) is 0 Å². The molecule has 0 bridgehead atoms. The van der Waals surface area contributed by atoms with E-state index in [1.165, 1.54) is 15.6 Å². The Morgan fingerprint density at radius 2 is 0.959 bits per heavy atom. The van der Waals surface area contributed by atoms with Crippen molar-refractivity contribution < 1.29 is 4.42 Å². The van der Waals surface area contributed by atoms with Crippen LogP contribution in [-0.4, -0.2) is 13.8 Å². The first-order valence-corrected chi connectivity index (χ1v) is 18.0. The SMILES string of the molecule is c1ccc(-c2nc3ccc4ccc5ccc(N(c6ccccc6)c6ccc([Si](c7ccccc7)c7ccccc7)cc6)cc5c4c3o2)cc1. The van der Waals surface area contributed by atoms with Gasteiger partial charge in [-0.15, -0.1) is 0 Å². The van der Waals surface area contributed by atoms with Crippen LogP contribution >= 0.6 is 0 Å². The summed E-state index contributed by atoms with van der Waals surface area (Å²) in [5, 5.41) is 8.60. The molecule has 0 saturated heterocycles. The van der Waals surface area contributed by atoms with Crippen LogP contribution in [0.25, 0.3) is 44.1 Å². The summed E-state index contributed by atoms with van der Waals surface area (Å²) in [4.78, 5) is 7.23. The van der Waals surface area contributed by atoms with E-state index in [4.69, 9.17) is 9.40 Å². The molecule has 0 saturated carbocycles. The van der Waals surface area contributed by atoms with E-state index in [1.807, 2.05) is 30.3 Å². The van der Waals surface area contributed by atoms with Gasteiger partial charge in [0.05, 0.1) is 0 Å². The number of para-hydroxylation sites is 1. The molecule has 0 spiro atoms. The largest absolute Gasteiger partial charge is 0.435 e. The highest BCUT2D eigenvalue weighted by molar-refractivity contribution is 6.95. The Labute approximate surface area is 287 Å². The van der Waals surface area contributed by atoms with Crippen molar-refractivity contribution in [1.29, 1.82) is 0 Å². The molecule has 0 amide bonds. The first-order valence-electron chi connectivity index (χ1n) is 16.5. The highest BCUT2D eigenvalue weighted by atomic mass is 28.3. The van der Waals surface area contributed by atoms with Gasteiger partial charge in [0.15, 0.2) is 14.4 Å². The number of anilines is 3. The third-order valence-electron chi connectivity index (χ3n) is 9.17. The molecule has 0 aliphatic rings. The molecule has 0 aliphatic carbocycles. The van der Waals surface area contributed by atoms with Crippen LogP contribution in [0.3, 0.4) is 0 Å². The molecular formula is C45H31N2OSi. The first kappa shape index (κ1) is 28.9. The van der Waals surface area contributed by atoms with Crippen molar-refractivity contribution in [1.82, 2.24) is 4.98 Å². The van der Waals surface area contributed by atoms with Crippen LogP contribution in [0.15, 0.2) is 192 Å². The van der Waals surface area contributed by atoms with E-state index in [2.05, 4.69) is 163 Å². The molecular weight excluding hydrogens is 613 g/mol. The van der Waals surface area contributed by atoms with Gasteiger partial charge >= 0.3 is 0 Å². The number of hydrogen-bond donors (Lipinski definition) is 0. The second-order valence-electron chi connectivity index (χ2n) is 12.2. The lowest BCUT2D eigenvalue weighted by Gasteiger charge is -2.26. The number of benzene rings is 8. The van der Waals surface area contributed by atoms with Crippen molar-refractivity contribution in [3.63, 3.8) is 0 Å². The molecule has 4 heteroatoms. The van der Waals surface area contributed by atoms with Gasteiger partial charge in [0.25, 0.3) is 0 Å². The summed E-state index contributed by atoms with van der Waals surface area (Å²) in [7, 11) is -1.17. The van der Waals surface area contributed by atoms with Crippen LogP contribution in [0.5, 0.6) is 0 Å². The fourth-order valence-electron chi connectivity index (χ4n) is 6.86. The highest BCUT2D eigenvalue weighted by Gasteiger charge is 2.21. The van der Waals surface area contributed by atoms with Gasteiger partial charge in [0.2, 0.25) is 5.89 Å². The molecule has 1 heterocycles. The first-order chi connectivity index (χ1) is 24.3. The van der Waals surface area contributed by atoms with Gasteiger partial charge in [0.1, 0.15) is 5.52 Å². The zero-order chi connectivity index (χ0) is 32.6. The molecule has 1 radical (unpaired) electrons. The number of oxazole rings is 1. The third-order valence-corrected chi connectivity index (χ3v) is 11.9. The molecule has 9 aromatic rings. The zero-order valence-electron chi connectivity index (χ0n) is 26.7. The maximum absolute atomic E-state index is 6.53. The Hall–Kier alpha value is -6.23. The predicted octanol–water partition coefficient (Wildman–Crippen LogP) is 9.79. The van der Waals surface area contributed by atoms with Crippen molar-refractivity contribution in [2.75, 3.05) is 4.90 Å². The minimum atomic E-state index is -1.17. The lowest BCUT2D eigenvalue weighted by Crippen LogP contribution is -2.51. The average Bonchev–Trinajstić information content (AvgIpc) is 3.62. The standard InChI is InChI=1S/C45H31N2OSi/c1-5-13-34(14-6-1)45-46-42-30-24-33-22-21-32-23-25-37(31-41(32)43(33)44(42)48-45)47(35-15-7-2-8-16-35)36-26-28-40(29-27-36)49(38-17-9-3-10-18-38)39-19-11-4-12-20-39/h1-31H. The van der Waals surface area contributed by atoms with Gasteiger partial charge in [-0.25, -0.2) is 4.98 Å². The zero-order valence-corrected chi connectivity index (χ0v) is 27.7. The van der Waals surface area contributed by atoms with E-state index >= 15 is 0 Å². The van der Waals surface area contributed by atoms with Gasteiger partial charge in [-0.1, -0.05) is 149 Å². The lowest BCUT2D eigenvalue weighted by atomic mass is 10.00. The number of fused-ring (bicyclic) bond motifs is 5. The topological polar surface area (TPSA) is 29.3 Å². The van der Waals surface area contributed by atoms with Crippen LogP contribution < -0.4 is 20.5 Å². The third kappa shape index (κ3) is 5.38. The summed E-state index contributed by atoms with van der Waals surface area (Å²) in [6.07, 6.45) is 0. The quantitative estimate of drug-likeness (QED) is 0.0984.